The van der Waals surface area contributed by atoms with Crippen molar-refractivity contribution in [3.05, 3.63) is 17.5 Å². The Labute approximate surface area is 119 Å². The van der Waals surface area contributed by atoms with Gasteiger partial charge in [0.1, 0.15) is 5.60 Å². The van der Waals surface area contributed by atoms with Crippen LogP contribution in [0.5, 0.6) is 0 Å². The maximum atomic E-state index is 12.1. The van der Waals surface area contributed by atoms with Gasteiger partial charge in [-0.3, -0.25) is 0 Å². The second-order valence-corrected chi connectivity index (χ2v) is 6.19. The van der Waals surface area contributed by atoms with Crippen LogP contribution in [0.15, 0.2) is 6.20 Å². The van der Waals surface area contributed by atoms with E-state index in [4.69, 9.17) is 10.5 Å². The molecule has 1 aromatic heterocycles. The molecule has 2 rings (SSSR count). The van der Waals surface area contributed by atoms with Crippen molar-refractivity contribution in [1.82, 2.24) is 14.9 Å². The Hall–Kier alpha value is -1.85. The number of nitrogens with zero attached hydrogens (tertiary/aromatic N) is 3. The Kier molecular flexibility index (Phi) is 3.83. The highest BCUT2D eigenvalue weighted by molar-refractivity contribution is 5.68. The molecule has 1 heterocycles. The highest BCUT2D eigenvalue weighted by Gasteiger charge is 2.29. The summed E-state index contributed by atoms with van der Waals surface area (Å²) in [5.41, 5.74) is 7.16. The van der Waals surface area contributed by atoms with E-state index < -0.39 is 5.60 Å². The maximum absolute atomic E-state index is 12.1. The number of nitrogens with two attached hydrogens (primary N) is 1. The van der Waals surface area contributed by atoms with Gasteiger partial charge in [0.15, 0.2) is 0 Å². The van der Waals surface area contributed by atoms with Crippen LogP contribution in [0, 0.1) is 0 Å². The first-order valence-corrected chi connectivity index (χ1v) is 6.82. The van der Waals surface area contributed by atoms with Crippen molar-refractivity contribution in [3.8, 4) is 0 Å². The molecular formula is C14H22N4O2. The number of nitrogen functional groups attached to an aromatic ring is 1. The van der Waals surface area contributed by atoms with Crippen molar-refractivity contribution in [1.29, 1.82) is 0 Å². The average molecular weight is 278 g/mol. The summed E-state index contributed by atoms with van der Waals surface area (Å²) in [5.74, 6) is 0.308. The third-order valence-electron chi connectivity index (χ3n) is 3.37. The minimum Gasteiger partial charge on any atom is -0.444 e. The lowest BCUT2D eigenvalue weighted by Gasteiger charge is -2.33. The van der Waals surface area contributed by atoms with Crippen molar-refractivity contribution < 1.29 is 9.53 Å². The first kappa shape index (κ1) is 14.6. The van der Waals surface area contributed by atoms with E-state index in [0.717, 1.165) is 30.5 Å². The number of amides is 1. The van der Waals surface area contributed by atoms with E-state index in [-0.39, 0.29) is 12.1 Å². The third kappa shape index (κ3) is 3.37. The number of anilines is 1. The fraction of sp³-hybridized carbons (Fsp3) is 0.643. The van der Waals surface area contributed by atoms with Gasteiger partial charge in [-0.1, -0.05) is 0 Å². The van der Waals surface area contributed by atoms with Gasteiger partial charge in [0.25, 0.3) is 0 Å². The van der Waals surface area contributed by atoms with E-state index in [1.165, 1.54) is 0 Å². The molecule has 0 spiro atoms. The monoisotopic (exact) mass is 278 g/mol. The molecule has 1 aromatic rings. The van der Waals surface area contributed by atoms with Crippen LogP contribution in [0.25, 0.3) is 0 Å². The first-order valence-electron chi connectivity index (χ1n) is 6.82. The summed E-state index contributed by atoms with van der Waals surface area (Å²) >= 11 is 0. The molecule has 0 aromatic carbocycles. The molecule has 110 valence electrons. The van der Waals surface area contributed by atoms with Crippen LogP contribution in [0.3, 0.4) is 0 Å². The van der Waals surface area contributed by atoms with Gasteiger partial charge in [0.2, 0.25) is 5.95 Å². The highest BCUT2D eigenvalue weighted by Crippen LogP contribution is 2.23. The number of hydrogen-bond acceptors (Lipinski definition) is 5. The van der Waals surface area contributed by atoms with Crippen LogP contribution in [0.2, 0.25) is 0 Å². The van der Waals surface area contributed by atoms with E-state index >= 15 is 0 Å². The van der Waals surface area contributed by atoms with Crippen LogP contribution in [0.1, 0.15) is 38.4 Å². The van der Waals surface area contributed by atoms with Crippen molar-refractivity contribution in [2.45, 2.75) is 51.7 Å². The van der Waals surface area contributed by atoms with Crippen LogP contribution in [-0.2, 0) is 17.6 Å². The molecule has 0 fully saturated rings. The number of ether oxygens (including phenoxy) is 1. The van der Waals surface area contributed by atoms with E-state index in [0.29, 0.717) is 5.95 Å². The molecule has 20 heavy (non-hydrogen) atoms. The number of likely N-dealkylation sites (N-methyl/N-ethyl adjacent to an activating group) is 1. The van der Waals surface area contributed by atoms with Gasteiger partial charge < -0.3 is 15.4 Å². The number of carbonyl (C=O) groups excluding carboxylic acids is 1. The summed E-state index contributed by atoms with van der Waals surface area (Å²) < 4.78 is 5.40. The normalized spacial score (nSPS) is 18.3. The maximum Gasteiger partial charge on any atom is 0.410 e. The summed E-state index contributed by atoms with van der Waals surface area (Å²) in [5, 5.41) is 0. The zero-order chi connectivity index (χ0) is 14.9. The molecule has 1 amide bonds. The molecule has 2 N–H and O–H groups in total. The number of rotatable bonds is 1. The SMILES string of the molecule is CN(C(=O)OC(C)(C)C)C1CCc2nc(N)ncc2C1. The van der Waals surface area contributed by atoms with Crippen LogP contribution >= 0.6 is 0 Å². The van der Waals surface area contributed by atoms with Gasteiger partial charge in [-0.25, -0.2) is 14.8 Å². The highest BCUT2D eigenvalue weighted by atomic mass is 16.6. The van der Waals surface area contributed by atoms with E-state index in [9.17, 15) is 4.79 Å². The topological polar surface area (TPSA) is 81.3 Å². The predicted octanol–water partition coefficient (Wildman–Crippen LogP) is 1.78. The van der Waals surface area contributed by atoms with E-state index in [2.05, 4.69) is 9.97 Å². The number of aromatic nitrogens is 2. The minimum absolute atomic E-state index is 0.115. The van der Waals surface area contributed by atoms with Crippen molar-refractivity contribution in [2.75, 3.05) is 12.8 Å². The van der Waals surface area contributed by atoms with Gasteiger partial charge in [-0.15, -0.1) is 0 Å². The van der Waals surface area contributed by atoms with Gasteiger partial charge in [-0.2, -0.15) is 0 Å². The van der Waals surface area contributed by atoms with Gasteiger partial charge in [0, 0.05) is 25.0 Å². The molecule has 6 nitrogen and oxygen atoms in total. The zero-order valence-electron chi connectivity index (χ0n) is 12.5. The summed E-state index contributed by atoms with van der Waals surface area (Å²) in [6.45, 7) is 5.60. The number of carbonyl (C=O) groups is 1. The lowest BCUT2D eigenvalue weighted by Crippen LogP contribution is -2.43. The van der Waals surface area contributed by atoms with Gasteiger partial charge in [-0.05, 0) is 45.6 Å². The molecule has 0 bridgehead atoms. The van der Waals surface area contributed by atoms with E-state index in [1.807, 2.05) is 20.8 Å². The lowest BCUT2D eigenvalue weighted by molar-refractivity contribution is 0.0209. The lowest BCUT2D eigenvalue weighted by atomic mass is 9.92. The standard InChI is InChI=1S/C14H22N4O2/c1-14(2,3)20-13(19)18(4)10-5-6-11-9(7-10)8-16-12(15)17-11/h8,10H,5-7H2,1-4H3,(H2,15,16,17). The molecule has 1 aliphatic carbocycles. The van der Waals surface area contributed by atoms with Gasteiger partial charge in [0.05, 0.1) is 0 Å². The third-order valence-corrected chi connectivity index (χ3v) is 3.37. The minimum atomic E-state index is -0.477. The van der Waals surface area contributed by atoms with Gasteiger partial charge >= 0.3 is 6.09 Å². The van der Waals surface area contributed by atoms with Crippen LogP contribution in [-0.4, -0.2) is 39.7 Å². The Balaban J connectivity index is 2.05. The molecule has 0 aliphatic heterocycles. The van der Waals surface area contributed by atoms with E-state index in [1.54, 1.807) is 18.1 Å². The Morgan fingerprint density at radius 2 is 2.20 bits per heavy atom. The Bertz CT molecular complexity index is 510. The second-order valence-electron chi connectivity index (χ2n) is 6.19. The molecule has 6 heteroatoms. The predicted molar refractivity (Wildman–Crippen MR) is 76.3 cm³/mol. The first-order chi connectivity index (χ1) is 9.26. The quantitative estimate of drug-likeness (QED) is 0.847. The number of fused-ring (bicyclic) bond motifs is 1. The van der Waals surface area contributed by atoms with Crippen molar-refractivity contribution >= 4 is 12.0 Å². The smallest absolute Gasteiger partial charge is 0.410 e. The fourth-order valence-corrected chi connectivity index (χ4v) is 2.32. The van der Waals surface area contributed by atoms with Crippen molar-refractivity contribution in [3.63, 3.8) is 0 Å². The molecule has 1 aliphatic rings. The number of hydrogen-bond donors (Lipinski definition) is 1. The van der Waals surface area contributed by atoms with Crippen LogP contribution < -0.4 is 5.73 Å². The molecule has 0 saturated carbocycles. The Morgan fingerprint density at radius 3 is 2.85 bits per heavy atom. The summed E-state index contributed by atoms with van der Waals surface area (Å²) in [6, 6.07) is 0.115. The van der Waals surface area contributed by atoms with Crippen molar-refractivity contribution in [2.24, 2.45) is 0 Å². The average Bonchev–Trinajstić information content (AvgIpc) is 2.35. The zero-order valence-corrected chi connectivity index (χ0v) is 12.5. The molecule has 1 unspecified atom stereocenters. The molecule has 0 radical (unpaired) electrons. The number of aryl methyl sites for hydroxylation is 1. The molecular weight excluding hydrogens is 256 g/mol. The summed E-state index contributed by atoms with van der Waals surface area (Å²) in [4.78, 5) is 22.0. The molecule has 0 saturated heterocycles. The Morgan fingerprint density at radius 1 is 1.50 bits per heavy atom. The van der Waals surface area contributed by atoms with Crippen LogP contribution in [0.4, 0.5) is 10.7 Å². The fourth-order valence-electron chi connectivity index (χ4n) is 2.32. The summed E-state index contributed by atoms with van der Waals surface area (Å²) in [6.07, 6.45) is 3.87. The molecule has 1 atom stereocenters. The second kappa shape index (κ2) is 5.26. The largest absolute Gasteiger partial charge is 0.444 e. The summed E-state index contributed by atoms with van der Waals surface area (Å²) in [7, 11) is 1.78.